The molecule has 1 aromatic rings. The molecule has 1 aliphatic rings. The number of benzene rings is 1. The third-order valence-electron chi connectivity index (χ3n) is 2.27. The topological polar surface area (TPSA) is 62.4 Å². The fraction of sp³-hybridized carbons (Fsp3) is 0.200. The van der Waals surface area contributed by atoms with Gasteiger partial charge in [0.05, 0.1) is 5.71 Å². The SMILES string of the molecule is NC(=S)N/N=C1\CCNc2ccc(Br)cc21. The molecule has 2 rings (SSSR count). The number of thiocarbonyl (C=S) groups is 1. The Bertz CT molecular complexity index is 458. The number of hydrogen-bond acceptors (Lipinski definition) is 3. The van der Waals surface area contributed by atoms with Crippen molar-refractivity contribution in [3.63, 3.8) is 0 Å². The molecule has 84 valence electrons. The lowest BCUT2D eigenvalue weighted by Gasteiger charge is -2.19. The minimum atomic E-state index is 0.183. The van der Waals surface area contributed by atoms with Gasteiger partial charge in [0.2, 0.25) is 0 Å². The summed E-state index contributed by atoms with van der Waals surface area (Å²) in [6.45, 7) is 0.868. The van der Waals surface area contributed by atoms with Crippen LogP contribution in [0.2, 0.25) is 0 Å². The first kappa shape index (κ1) is 11.3. The average Bonchev–Trinajstić information content (AvgIpc) is 2.26. The van der Waals surface area contributed by atoms with Crippen LogP contribution in [0.25, 0.3) is 0 Å². The lowest BCUT2D eigenvalue weighted by atomic mass is 10.0. The number of hydrazone groups is 1. The number of rotatable bonds is 1. The van der Waals surface area contributed by atoms with Gasteiger partial charge in [-0.2, -0.15) is 5.10 Å². The molecule has 6 heteroatoms. The van der Waals surface area contributed by atoms with E-state index >= 15 is 0 Å². The van der Waals surface area contributed by atoms with E-state index in [4.69, 9.17) is 18.0 Å². The normalized spacial score (nSPS) is 16.4. The summed E-state index contributed by atoms with van der Waals surface area (Å²) in [5.74, 6) is 0. The van der Waals surface area contributed by atoms with E-state index < -0.39 is 0 Å². The van der Waals surface area contributed by atoms with Crippen molar-refractivity contribution in [1.82, 2.24) is 5.43 Å². The maximum Gasteiger partial charge on any atom is 0.184 e. The summed E-state index contributed by atoms with van der Waals surface area (Å²) in [6.07, 6.45) is 0.846. The fourth-order valence-electron chi connectivity index (χ4n) is 1.60. The Morgan fingerprint density at radius 1 is 1.56 bits per heavy atom. The number of hydrogen-bond donors (Lipinski definition) is 3. The Hall–Kier alpha value is -1.14. The molecule has 0 radical (unpaired) electrons. The summed E-state index contributed by atoms with van der Waals surface area (Å²) in [4.78, 5) is 0. The van der Waals surface area contributed by atoms with Gasteiger partial charge in [0, 0.05) is 28.7 Å². The number of nitrogens with zero attached hydrogens (tertiary/aromatic N) is 1. The van der Waals surface area contributed by atoms with E-state index in [1.165, 1.54) is 0 Å². The zero-order valence-electron chi connectivity index (χ0n) is 8.46. The van der Waals surface area contributed by atoms with Gasteiger partial charge in [0.15, 0.2) is 5.11 Å². The predicted octanol–water partition coefficient (Wildman–Crippen LogP) is 1.80. The molecule has 16 heavy (non-hydrogen) atoms. The van der Waals surface area contributed by atoms with E-state index in [1.807, 2.05) is 18.2 Å². The highest BCUT2D eigenvalue weighted by atomic mass is 79.9. The second-order valence-corrected chi connectivity index (χ2v) is 4.76. The Morgan fingerprint density at radius 2 is 2.38 bits per heavy atom. The van der Waals surface area contributed by atoms with Gasteiger partial charge in [-0.05, 0) is 30.4 Å². The van der Waals surface area contributed by atoms with E-state index in [0.717, 1.165) is 34.4 Å². The van der Waals surface area contributed by atoms with Crippen LogP contribution in [0, 0.1) is 0 Å². The second kappa shape index (κ2) is 4.80. The first-order chi connectivity index (χ1) is 7.66. The minimum absolute atomic E-state index is 0.183. The van der Waals surface area contributed by atoms with E-state index in [0.29, 0.717) is 0 Å². The van der Waals surface area contributed by atoms with Gasteiger partial charge in [-0.3, -0.25) is 5.43 Å². The summed E-state index contributed by atoms with van der Waals surface area (Å²) in [5, 5.41) is 7.70. The maximum atomic E-state index is 5.35. The maximum absolute atomic E-state index is 5.35. The Balaban J connectivity index is 2.35. The zero-order chi connectivity index (χ0) is 11.5. The summed E-state index contributed by atoms with van der Waals surface area (Å²) in [5.41, 5.74) is 11.1. The highest BCUT2D eigenvalue weighted by Gasteiger charge is 2.15. The molecule has 0 amide bonds. The lowest BCUT2D eigenvalue weighted by Crippen LogP contribution is -2.27. The molecule has 0 spiro atoms. The summed E-state index contributed by atoms with van der Waals surface area (Å²) >= 11 is 8.17. The van der Waals surface area contributed by atoms with Gasteiger partial charge in [0.25, 0.3) is 0 Å². The van der Waals surface area contributed by atoms with Gasteiger partial charge in [-0.25, -0.2) is 0 Å². The molecule has 4 N–H and O–H groups in total. The highest BCUT2D eigenvalue weighted by Crippen LogP contribution is 2.25. The van der Waals surface area contributed by atoms with Crippen molar-refractivity contribution >= 4 is 44.7 Å². The highest BCUT2D eigenvalue weighted by molar-refractivity contribution is 9.10. The van der Waals surface area contributed by atoms with E-state index in [9.17, 15) is 0 Å². The van der Waals surface area contributed by atoms with Crippen molar-refractivity contribution < 1.29 is 0 Å². The predicted molar refractivity (Wildman–Crippen MR) is 73.7 cm³/mol. The van der Waals surface area contributed by atoms with Crippen LogP contribution < -0.4 is 16.5 Å². The average molecular weight is 299 g/mol. The van der Waals surface area contributed by atoms with Crippen molar-refractivity contribution in [3.05, 3.63) is 28.2 Å². The fourth-order valence-corrected chi connectivity index (χ4v) is 2.01. The number of nitrogens with two attached hydrogens (primary N) is 1. The second-order valence-electron chi connectivity index (χ2n) is 3.40. The summed E-state index contributed by atoms with van der Waals surface area (Å²) < 4.78 is 1.03. The molecule has 0 saturated carbocycles. The van der Waals surface area contributed by atoms with Crippen LogP contribution in [0.4, 0.5) is 5.69 Å². The van der Waals surface area contributed by atoms with Gasteiger partial charge < -0.3 is 11.1 Å². The van der Waals surface area contributed by atoms with Crippen LogP contribution >= 0.6 is 28.1 Å². The molecule has 0 bridgehead atoms. The molecule has 0 fully saturated rings. The van der Waals surface area contributed by atoms with Crippen LogP contribution in [0.1, 0.15) is 12.0 Å². The monoisotopic (exact) mass is 298 g/mol. The molecule has 4 nitrogen and oxygen atoms in total. The van der Waals surface area contributed by atoms with Gasteiger partial charge in [0.1, 0.15) is 0 Å². The van der Waals surface area contributed by atoms with E-state index in [2.05, 4.69) is 31.8 Å². The Morgan fingerprint density at radius 3 is 3.12 bits per heavy atom. The zero-order valence-corrected chi connectivity index (χ0v) is 10.9. The molecule has 0 atom stereocenters. The largest absolute Gasteiger partial charge is 0.384 e. The van der Waals surface area contributed by atoms with Crippen molar-refractivity contribution in [1.29, 1.82) is 0 Å². The van der Waals surface area contributed by atoms with Crippen molar-refractivity contribution in [2.75, 3.05) is 11.9 Å². The molecule has 0 aromatic heterocycles. The Labute approximate surface area is 107 Å². The summed E-state index contributed by atoms with van der Waals surface area (Å²) in [7, 11) is 0. The lowest BCUT2D eigenvalue weighted by molar-refractivity contribution is 0.984. The number of anilines is 1. The van der Waals surface area contributed by atoms with Crippen LogP contribution in [0.3, 0.4) is 0 Å². The number of halogens is 1. The molecule has 1 aromatic carbocycles. The van der Waals surface area contributed by atoms with Crippen LogP contribution in [0.5, 0.6) is 0 Å². The first-order valence-electron chi connectivity index (χ1n) is 4.82. The smallest absolute Gasteiger partial charge is 0.184 e. The van der Waals surface area contributed by atoms with Gasteiger partial charge in [-0.1, -0.05) is 15.9 Å². The van der Waals surface area contributed by atoms with Crippen LogP contribution in [0.15, 0.2) is 27.8 Å². The molecule has 0 unspecified atom stereocenters. The van der Waals surface area contributed by atoms with Crippen molar-refractivity contribution in [3.8, 4) is 0 Å². The molecule has 0 saturated heterocycles. The van der Waals surface area contributed by atoms with E-state index in [1.54, 1.807) is 0 Å². The van der Waals surface area contributed by atoms with Crippen molar-refractivity contribution in [2.24, 2.45) is 10.8 Å². The number of nitrogens with one attached hydrogen (secondary N) is 2. The molecular formula is C10H11BrN4S. The van der Waals surface area contributed by atoms with Gasteiger partial charge in [-0.15, -0.1) is 0 Å². The molecule has 1 heterocycles. The van der Waals surface area contributed by atoms with E-state index in [-0.39, 0.29) is 5.11 Å². The number of fused-ring (bicyclic) bond motifs is 1. The third-order valence-corrected chi connectivity index (χ3v) is 2.86. The first-order valence-corrected chi connectivity index (χ1v) is 6.03. The van der Waals surface area contributed by atoms with Crippen molar-refractivity contribution in [2.45, 2.75) is 6.42 Å². The standard InChI is InChI=1S/C10H11BrN4S/c11-6-1-2-8-7(5-6)9(3-4-13-8)14-15-10(12)16/h1-2,5,13H,3-4H2,(H3,12,15,16)/b14-9+. The summed E-state index contributed by atoms with van der Waals surface area (Å²) in [6, 6.07) is 6.05. The molecule has 0 aliphatic carbocycles. The molecular weight excluding hydrogens is 288 g/mol. The van der Waals surface area contributed by atoms with Gasteiger partial charge >= 0.3 is 0 Å². The molecule has 1 aliphatic heterocycles. The Kier molecular flexibility index (Phi) is 3.40. The van der Waals surface area contributed by atoms with Crippen LogP contribution in [-0.4, -0.2) is 17.4 Å². The third kappa shape index (κ3) is 2.51. The van der Waals surface area contributed by atoms with Crippen LogP contribution in [-0.2, 0) is 0 Å². The quantitative estimate of drug-likeness (QED) is 0.546. The minimum Gasteiger partial charge on any atom is -0.384 e.